The summed E-state index contributed by atoms with van der Waals surface area (Å²) in [4.78, 5) is 6.46. The molecule has 0 saturated carbocycles. The first-order chi connectivity index (χ1) is 10.1. The van der Waals surface area contributed by atoms with Gasteiger partial charge in [0.25, 0.3) is 0 Å². The number of aryl methyl sites for hydroxylation is 1. The van der Waals surface area contributed by atoms with Gasteiger partial charge in [0, 0.05) is 18.0 Å². The van der Waals surface area contributed by atoms with E-state index in [-0.39, 0.29) is 6.04 Å². The second-order valence-corrected chi connectivity index (χ2v) is 5.30. The fourth-order valence-electron chi connectivity index (χ4n) is 1.80. The van der Waals surface area contributed by atoms with Crippen molar-refractivity contribution in [3.63, 3.8) is 0 Å². The van der Waals surface area contributed by atoms with E-state index in [0.717, 1.165) is 24.5 Å². The van der Waals surface area contributed by atoms with Crippen LogP contribution >= 0.6 is 11.6 Å². The molecule has 1 heterocycles. The van der Waals surface area contributed by atoms with E-state index in [9.17, 15) is 0 Å². The van der Waals surface area contributed by atoms with Crippen LogP contribution in [-0.4, -0.2) is 35.2 Å². The van der Waals surface area contributed by atoms with Crippen LogP contribution in [-0.2, 0) is 6.42 Å². The highest BCUT2D eigenvalue weighted by Crippen LogP contribution is 2.18. The number of ether oxygens (including phenoxy) is 1. The van der Waals surface area contributed by atoms with Crippen LogP contribution in [0.3, 0.4) is 0 Å². The summed E-state index contributed by atoms with van der Waals surface area (Å²) in [6.07, 6.45) is 0.777. The van der Waals surface area contributed by atoms with Gasteiger partial charge in [-0.3, -0.25) is 4.90 Å². The predicted octanol–water partition coefficient (Wildman–Crippen LogP) is 3.36. The summed E-state index contributed by atoms with van der Waals surface area (Å²) in [6, 6.07) is 7.41. The van der Waals surface area contributed by atoms with Crippen molar-refractivity contribution in [1.82, 2.24) is 15.0 Å². The normalized spacial score (nSPS) is 12.6. The summed E-state index contributed by atoms with van der Waals surface area (Å²) in [5, 5.41) is 4.62. The van der Waals surface area contributed by atoms with Crippen molar-refractivity contribution in [2.45, 2.75) is 26.3 Å². The Hall–Kier alpha value is -1.59. The van der Waals surface area contributed by atoms with Gasteiger partial charge in [-0.05, 0) is 38.2 Å². The molecule has 0 spiro atoms. The second-order valence-electron chi connectivity index (χ2n) is 4.86. The molecule has 5 nitrogen and oxygen atoms in total. The maximum atomic E-state index is 5.83. The maximum Gasteiger partial charge on any atom is 0.243 e. The molecule has 0 aliphatic rings. The van der Waals surface area contributed by atoms with Crippen molar-refractivity contribution in [3.05, 3.63) is 41.0 Å². The number of benzene rings is 1. The van der Waals surface area contributed by atoms with E-state index in [0.29, 0.717) is 17.5 Å². The Balaban J connectivity index is 1.80. The number of hydrogen-bond acceptors (Lipinski definition) is 5. The molecule has 0 amide bonds. The van der Waals surface area contributed by atoms with Crippen LogP contribution in [0.2, 0.25) is 5.02 Å². The van der Waals surface area contributed by atoms with Crippen LogP contribution < -0.4 is 4.74 Å². The lowest BCUT2D eigenvalue weighted by Crippen LogP contribution is -2.27. The van der Waals surface area contributed by atoms with E-state index < -0.39 is 0 Å². The quantitative estimate of drug-likeness (QED) is 0.785. The molecule has 114 valence electrons. The van der Waals surface area contributed by atoms with Crippen molar-refractivity contribution in [1.29, 1.82) is 0 Å². The van der Waals surface area contributed by atoms with E-state index in [2.05, 4.69) is 15.0 Å². The molecule has 0 aliphatic heterocycles. The average molecular weight is 310 g/mol. The SMILES string of the molecule is CCc1noc([C@H](C)N(C)CCOc2ccc(Cl)cc2)n1. The molecule has 0 unspecified atom stereocenters. The van der Waals surface area contributed by atoms with Crippen molar-refractivity contribution in [2.75, 3.05) is 20.2 Å². The number of hydrogen-bond donors (Lipinski definition) is 0. The van der Waals surface area contributed by atoms with E-state index in [1.165, 1.54) is 0 Å². The first kappa shape index (κ1) is 15.8. The predicted molar refractivity (Wildman–Crippen MR) is 81.7 cm³/mol. The molecule has 0 bridgehead atoms. The van der Waals surface area contributed by atoms with Crippen molar-refractivity contribution in [2.24, 2.45) is 0 Å². The van der Waals surface area contributed by atoms with Gasteiger partial charge in [0.2, 0.25) is 5.89 Å². The number of nitrogens with zero attached hydrogens (tertiary/aromatic N) is 3. The number of aromatic nitrogens is 2. The monoisotopic (exact) mass is 309 g/mol. The summed E-state index contributed by atoms with van der Waals surface area (Å²) < 4.78 is 10.9. The van der Waals surface area contributed by atoms with Gasteiger partial charge in [0.15, 0.2) is 5.82 Å². The molecular weight excluding hydrogens is 290 g/mol. The van der Waals surface area contributed by atoms with Gasteiger partial charge in [-0.2, -0.15) is 4.98 Å². The lowest BCUT2D eigenvalue weighted by Gasteiger charge is -2.21. The van der Waals surface area contributed by atoms with Gasteiger partial charge in [-0.1, -0.05) is 23.7 Å². The van der Waals surface area contributed by atoms with Crippen LogP contribution in [0.4, 0.5) is 0 Å². The summed E-state index contributed by atoms with van der Waals surface area (Å²) >= 11 is 5.83. The van der Waals surface area contributed by atoms with Crippen LogP contribution in [0.1, 0.15) is 31.6 Å². The van der Waals surface area contributed by atoms with Gasteiger partial charge in [-0.25, -0.2) is 0 Å². The van der Waals surface area contributed by atoms with Gasteiger partial charge >= 0.3 is 0 Å². The molecule has 2 aromatic rings. The van der Waals surface area contributed by atoms with E-state index in [1.54, 1.807) is 0 Å². The topological polar surface area (TPSA) is 51.4 Å². The summed E-state index contributed by atoms with van der Waals surface area (Å²) in [5.41, 5.74) is 0. The summed E-state index contributed by atoms with van der Waals surface area (Å²) in [5.74, 6) is 2.19. The van der Waals surface area contributed by atoms with Gasteiger partial charge < -0.3 is 9.26 Å². The molecule has 1 aromatic carbocycles. The molecule has 0 N–H and O–H groups in total. The lowest BCUT2D eigenvalue weighted by molar-refractivity contribution is 0.174. The minimum Gasteiger partial charge on any atom is -0.492 e. The third kappa shape index (κ3) is 4.44. The number of likely N-dealkylation sites (N-methyl/N-ethyl adjacent to an activating group) is 1. The molecular formula is C15H20ClN3O2. The van der Waals surface area contributed by atoms with Crippen LogP contribution in [0.25, 0.3) is 0 Å². The minimum atomic E-state index is 0.0617. The maximum absolute atomic E-state index is 5.83. The highest BCUT2D eigenvalue weighted by molar-refractivity contribution is 6.30. The van der Waals surface area contributed by atoms with E-state index >= 15 is 0 Å². The fraction of sp³-hybridized carbons (Fsp3) is 0.467. The lowest BCUT2D eigenvalue weighted by atomic mass is 10.3. The molecule has 1 aromatic heterocycles. The highest BCUT2D eigenvalue weighted by atomic mass is 35.5. The Morgan fingerprint density at radius 1 is 1.33 bits per heavy atom. The van der Waals surface area contributed by atoms with Crippen molar-refractivity contribution in [3.8, 4) is 5.75 Å². The minimum absolute atomic E-state index is 0.0617. The van der Waals surface area contributed by atoms with Crippen LogP contribution in [0, 0.1) is 0 Å². The van der Waals surface area contributed by atoms with Crippen LogP contribution in [0.5, 0.6) is 5.75 Å². The molecule has 1 atom stereocenters. The molecule has 0 fully saturated rings. The largest absolute Gasteiger partial charge is 0.492 e. The molecule has 2 rings (SSSR count). The standard InChI is InChI=1S/C15H20ClN3O2/c1-4-14-17-15(21-18-14)11(2)19(3)9-10-20-13-7-5-12(16)6-8-13/h5-8,11H,4,9-10H2,1-3H3/t11-/m0/s1. The third-order valence-electron chi connectivity index (χ3n) is 3.34. The Kier molecular flexibility index (Phi) is 5.59. The smallest absolute Gasteiger partial charge is 0.243 e. The second kappa shape index (κ2) is 7.43. The molecule has 21 heavy (non-hydrogen) atoms. The Bertz CT molecular complexity index is 556. The first-order valence-electron chi connectivity index (χ1n) is 7.01. The Morgan fingerprint density at radius 3 is 2.67 bits per heavy atom. The number of rotatable bonds is 7. The van der Waals surface area contributed by atoms with E-state index in [1.807, 2.05) is 45.2 Å². The zero-order chi connectivity index (χ0) is 15.2. The molecule has 6 heteroatoms. The molecule has 0 saturated heterocycles. The first-order valence-corrected chi connectivity index (χ1v) is 7.39. The molecule has 0 aliphatic carbocycles. The zero-order valence-electron chi connectivity index (χ0n) is 12.5. The molecule has 0 radical (unpaired) electrons. The van der Waals surface area contributed by atoms with Crippen LogP contribution in [0.15, 0.2) is 28.8 Å². The van der Waals surface area contributed by atoms with Gasteiger partial charge in [0.05, 0.1) is 6.04 Å². The summed E-state index contributed by atoms with van der Waals surface area (Å²) in [6.45, 7) is 5.38. The van der Waals surface area contributed by atoms with Gasteiger partial charge in [-0.15, -0.1) is 0 Å². The summed E-state index contributed by atoms with van der Waals surface area (Å²) in [7, 11) is 2.01. The van der Waals surface area contributed by atoms with Gasteiger partial charge in [0.1, 0.15) is 12.4 Å². The zero-order valence-corrected chi connectivity index (χ0v) is 13.3. The van der Waals surface area contributed by atoms with E-state index in [4.69, 9.17) is 20.9 Å². The van der Waals surface area contributed by atoms with Crippen molar-refractivity contribution < 1.29 is 9.26 Å². The highest BCUT2D eigenvalue weighted by Gasteiger charge is 2.18. The third-order valence-corrected chi connectivity index (χ3v) is 3.60. The number of halogens is 1. The Morgan fingerprint density at radius 2 is 2.05 bits per heavy atom. The Labute approximate surface area is 129 Å². The fourth-order valence-corrected chi connectivity index (χ4v) is 1.93. The average Bonchev–Trinajstić information content (AvgIpc) is 2.97. The van der Waals surface area contributed by atoms with Crippen molar-refractivity contribution >= 4 is 11.6 Å².